The van der Waals surface area contributed by atoms with Crippen LogP contribution in [0.15, 0.2) is 53.4 Å². The zero-order valence-electron chi connectivity index (χ0n) is 17.2. The van der Waals surface area contributed by atoms with Gasteiger partial charge in [0, 0.05) is 43.1 Å². The number of sulfonamides is 1. The summed E-state index contributed by atoms with van der Waals surface area (Å²) >= 11 is 0. The number of nitrogens with one attached hydrogen (secondary N) is 2. The summed E-state index contributed by atoms with van der Waals surface area (Å²) in [6, 6.07) is 12.9. The van der Waals surface area contributed by atoms with Crippen LogP contribution in [0.3, 0.4) is 0 Å². The quantitative estimate of drug-likeness (QED) is 0.744. The standard InChI is InChI=1S/C22H26N4O4S/c27-21(24-18-6-5-7-19(16-18)26-15-12-23-22(26)28)17-8-10-20(11-9-17)31(29,30)25-13-3-1-2-4-14-25/h5-11,16H,1-4,12-15H2,(H,23,28)(H,24,27). The number of anilines is 2. The summed E-state index contributed by atoms with van der Waals surface area (Å²) in [5, 5.41) is 5.56. The average molecular weight is 443 g/mol. The highest BCUT2D eigenvalue weighted by Gasteiger charge is 2.25. The number of hydrogen-bond acceptors (Lipinski definition) is 4. The van der Waals surface area contributed by atoms with E-state index in [1.165, 1.54) is 28.6 Å². The maximum absolute atomic E-state index is 12.9. The highest BCUT2D eigenvalue weighted by molar-refractivity contribution is 7.89. The molecule has 8 nitrogen and oxygen atoms in total. The van der Waals surface area contributed by atoms with Gasteiger partial charge in [0.25, 0.3) is 5.91 Å². The van der Waals surface area contributed by atoms with Crippen molar-refractivity contribution in [3.05, 3.63) is 54.1 Å². The maximum Gasteiger partial charge on any atom is 0.321 e. The van der Waals surface area contributed by atoms with Crippen LogP contribution in [0.2, 0.25) is 0 Å². The first kappa shape index (κ1) is 21.3. The third-order valence-corrected chi connectivity index (χ3v) is 7.50. The monoisotopic (exact) mass is 442 g/mol. The molecule has 31 heavy (non-hydrogen) atoms. The van der Waals surface area contributed by atoms with Crippen molar-refractivity contribution in [2.45, 2.75) is 30.6 Å². The lowest BCUT2D eigenvalue weighted by Crippen LogP contribution is -2.31. The Morgan fingerprint density at radius 2 is 1.65 bits per heavy atom. The van der Waals surface area contributed by atoms with E-state index in [4.69, 9.17) is 0 Å². The second-order valence-electron chi connectivity index (χ2n) is 7.73. The lowest BCUT2D eigenvalue weighted by atomic mass is 10.2. The number of benzene rings is 2. The first-order valence-electron chi connectivity index (χ1n) is 10.5. The van der Waals surface area contributed by atoms with Crippen molar-refractivity contribution in [2.24, 2.45) is 0 Å². The van der Waals surface area contributed by atoms with E-state index >= 15 is 0 Å². The molecule has 9 heteroatoms. The number of amides is 3. The summed E-state index contributed by atoms with van der Waals surface area (Å²) in [6.45, 7) is 2.23. The van der Waals surface area contributed by atoms with Crippen molar-refractivity contribution in [3.8, 4) is 0 Å². The van der Waals surface area contributed by atoms with Crippen LogP contribution in [0.5, 0.6) is 0 Å². The molecule has 164 valence electrons. The Hall–Kier alpha value is -2.91. The Kier molecular flexibility index (Phi) is 6.24. The molecule has 0 radical (unpaired) electrons. The fourth-order valence-corrected chi connectivity index (χ4v) is 5.40. The number of carbonyl (C=O) groups is 2. The zero-order chi connectivity index (χ0) is 21.8. The van der Waals surface area contributed by atoms with Crippen molar-refractivity contribution >= 4 is 33.3 Å². The van der Waals surface area contributed by atoms with Crippen molar-refractivity contribution in [2.75, 3.05) is 36.4 Å². The van der Waals surface area contributed by atoms with E-state index in [-0.39, 0.29) is 16.8 Å². The van der Waals surface area contributed by atoms with E-state index in [0.717, 1.165) is 25.7 Å². The second kappa shape index (κ2) is 9.07. The molecule has 0 unspecified atom stereocenters. The van der Waals surface area contributed by atoms with Crippen LogP contribution < -0.4 is 15.5 Å². The van der Waals surface area contributed by atoms with E-state index in [0.29, 0.717) is 43.1 Å². The fraction of sp³-hybridized carbons (Fsp3) is 0.364. The minimum atomic E-state index is -3.55. The van der Waals surface area contributed by atoms with E-state index in [1.807, 2.05) is 6.07 Å². The lowest BCUT2D eigenvalue weighted by molar-refractivity contribution is 0.102. The van der Waals surface area contributed by atoms with Crippen molar-refractivity contribution < 1.29 is 18.0 Å². The van der Waals surface area contributed by atoms with Crippen molar-refractivity contribution in [1.29, 1.82) is 0 Å². The molecule has 0 saturated carbocycles. The van der Waals surface area contributed by atoms with Gasteiger partial charge < -0.3 is 10.6 Å². The van der Waals surface area contributed by atoms with Crippen LogP contribution in [-0.2, 0) is 10.0 Å². The van der Waals surface area contributed by atoms with Gasteiger partial charge in [0.2, 0.25) is 10.0 Å². The van der Waals surface area contributed by atoms with E-state index in [1.54, 1.807) is 23.1 Å². The highest BCUT2D eigenvalue weighted by Crippen LogP contribution is 2.23. The number of rotatable bonds is 5. The van der Waals surface area contributed by atoms with Gasteiger partial charge in [-0.3, -0.25) is 9.69 Å². The third-order valence-electron chi connectivity index (χ3n) is 5.59. The molecule has 0 atom stereocenters. The van der Waals surface area contributed by atoms with Crippen LogP contribution in [0.4, 0.5) is 16.2 Å². The summed E-state index contributed by atoms with van der Waals surface area (Å²) in [5.74, 6) is -0.346. The molecule has 0 spiro atoms. The zero-order valence-corrected chi connectivity index (χ0v) is 18.0. The highest BCUT2D eigenvalue weighted by atomic mass is 32.2. The van der Waals surface area contributed by atoms with Crippen LogP contribution in [0.1, 0.15) is 36.0 Å². The second-order valence-corrected chi connectivity index (χ2v) is 9.67. The summed E-state index contributed by atoms with van der Waals surface area (Å²) in [4.78, 5) is 26.3. The molecule has 2 N–H and O–H groups in total. The molecule has 2 aromatic carbocycles. The molecule has 3 amide bonds. The predicted octanol–water partition coefficient (Wildman–Crippen LogP) is 3.03. The van der Waals surface area contributed by atoms with Crippen LogP contribution in [0.25, 0.3) is 0 Å². The normalized spacial score (nSPS) is 17.8. The largest absolute Gasteiger partial charge is 0.336 e. The molecule has 2 fully saturated rings. The number of carbonyl (C=O) groups excluding carboxylic acids is 2. The molecular weight excluding hydrogens is 416 g/mol. The molecule has 2 saturated heterocycles. The number of hydrogen-bond donors (Lipinski definition) is 2. The Bertz CT molecular complexity index is 1060. The Labute approximate surface area is 182 Å². The van der Waals surface area contributed by atoms with Gasteiger partial charge in [-0.15, -0.1) is 0 Å². The summed E-state index contributed by atoms with van der Waals surface area (Å²) in [7, 11) is -3.55. The third kappa shape index (κ3) is 4.72. The van der Waals surface area contributed by atoms with Gasteiger partial charge in [-0.2, -0.15) is 4.31 Å². The Morgan fingerprint density at radius 3 is 2.29 bits per heavy atom. The smallest absolute Gasteiger partial charge is 0.321 e. The first-order valence-corrected chi connectivity index (χ1v) is 12.0. The molecular formula is C22H26N4O4S. The van der Waals surface area contributed by atoms with Gasteiger partial charge in [-0.25, -0.2) is 13.2 Å². The van der Waals surface area contributed by atoms with E-state index < -0.39 is 10.0 Å². The molecule has 2 aliphatic rings. The van der Waals surface area contributed by atoms with E-state index in [9.17, 15) is 18.0 Å². The SMILES string of the molecule is O=C(Nc1cccc(N2CCNC2=O)c1)c1ccc(S(=O)(=O)N2CCCCCC2)cc1. The van der Waals surface area contributed by atoms with Gasteiger partial charge >= 0.3 is 6.03 Å². The Balaban J connectivity index is 1.46. The first-order chi connectivity index (χ1) is 14.9. The maximum atomic E-state index is 12.9. The average Bonchev–Trinajstić information content (AvgIpc) is 3.01. The van der Waals surface area contributed by atoms with Gasteiger partial charge in [0.05, 0.1) is 4.90 Å². The van der Waals surface area contributed by atoms with Gasteiger partial charge in [-0.05, 0) is 55.3 Å². The molecule has 2 heterocycles. The summed E-state index contributed by atoms with van der Waals surface area (Å²) in [5.41, 5.74) is 1.62. The molecule has 0 aliphatic carbocycles. The van der Waals surface area contributed by atoms with E-state index in [2.05, 4.69) is 10.6 Å². The van der Waals surface area contributed by atoms with Gasteiger partial charge in [0.15, 0.2) is 0 Å². The minimum absolute atomic E-state index is 0.162. The van der Waals surface area contributed by atoms with Gasteiger partial charge in [-0.1, -0.05) is 18.9 Å². The lowest BCUT2D eigenvalue weighted by Gasteiger charge is -2.20. The molecule has 4 rings (SSSR count). The fourth-order valence-electron chi connectivity index (χ4n) is 3.88. The molecule has 2 aromatic rings. The topological polar surface area (TPSA) is 98.8 Å². The summed E-state index contributed by atoms with van der Waals surface area (Å²) in [6.07, 6.45) is 3.85. The van der Waals surface area contributed by atoms with Crippen molar-refractivity contribution in [1.82, 2.24) is 9.62 Å². The molecule has 0 aromatic heterocycles. The van der Waals surface area contributed by atoms with Crippen LogP contribution >= 0.6 is 0 Å². The number of nitrogens with zero attached hydrogens (tertiary/aromatic N) is 2. The van der Waals surface area contributed by atoms with Crippen LogP contribution in [0, 0.1) is 0 Å². The van der Waals surface area contributed by atoms with Gasteiger partial charge in [0.1, 0.15) is 0 Å². The molecule has 2 aliphatic heterocycles. The minimum Gasteiger partial charge on any atom is -0.336 e. The summed E-state index contributed by atoms with van der Waals surface area (Å²) < 4.78 is 27.3. The van der Waals surface area contributed by atoms with Crippen LogP contribution in [-0.4, -0.2) is 50.8 Å². The number of urea groups is 1. The predicted molar refractivity (Wildman–Crippen MR) is 119 cm³/mol. The van der Waals surface area contributed by atoms with Crippen molar-refractivity contribution in [3.63, 3.8) is 0 Å². The Morgan fingerprint density at radius 1 is 0.935 bits per heavy atom. The molecule has 0 bridgehead atoms.